The lowest BCUT2D eigenvalue weighted by molar-refractivity contribution is -0.274. The summed E-state index contributed by atoms with van der Waals surface area (Å²) in [6, 6.07) is 5.19. The molecular weight excluding hydrogens is 263 g/mol. The molecule has 0 radical (unpaired) electrons. The van der Waals surface area contributed by atoms with Crippen LogP contribution in [0.3, 0.4) is 0 Å². The van der Waals surface area contributed by atoms with Gasteiger partial charge in [0.2, 0.25) is 5.90 Å². The number of hydrazine groups is 1. The second kappa shape index (κ2) is 5.19. The van der Waals surface area contributed by atoms with Gasteiger partial charge in [-0.3, -0.25) is 5.01 Å². The van der Waals surface area contributed by atoms with Crippen LogP contribution in [0.1, 0.15) is 0 Å². The summed E-state index contributed by atoms with van der Waals surface area (Å²) >= 11 is 0. The van der Waals surface area contributed by atoms with Crippen LogP contribution >= 0.6 is 0 Å². The van der Waals surface area contributed by atoms with Gasteiger partial charge in [0.05, 0.1) is 0 Å². The van der Waals surface area contributed by atoms with Crippen molar-refractivity contribution in [3.8, 4) is 11.5 Å². The number of nitrogens with two attached hydrogens (primary N) is 1. The zero-order chi connectivity index (χ0) is 13.9. The number of alkyl halides is 3. The number of hydrogen-bond acceptors (Lipinski definition) is 5. The molecule has 0 atom stereocenters. The van der Waals surface area contributed by atoms with Gasteiger partial charge in [-0.25, -0.2) is 10.8 Å². The number of benzene rings is 1. The van der Waals surface area contributed by atoms with E-state index in [4.69, 9.17) is 10.6 Å². The van der Waals surface area contributed by atoms with E-state index in [1.54, 1.807) is 6.20 Å². The van der Waals surface area contributed by atoms with Crippen molar-refractivity contribution in [1.29, 1.82) is 0 Å². The summed E-state index contributed by atoms with van der Waals surface area (Å²) in [5, 5.41) is 1.33. The van der Waals surface area contributed by atoms with Gasteiger partial charge in [-0.1, -0.05) is 6.07 Å². The number of aliphatic imine (C=N–C) groups is 1. The predicted molar refractivity (Wildman–Crippen MR) is 61.2 cm³/mol. The van der Waals surface area contributed by atoms with Gasteiger partial charge in [0.15, 0.2) is 0 Å². The molecule has 0 fully saturated rings. The van der Waals surface area contributed by atoms with Gasteiger partial charge < -0.3 is 9.47 Å². The van der Waals surface area contributed by atoms with E-state index in [0.29, 0.717) is 0 Å². The second-order valence-corrected chi connectivity index (χ2v) is 3.59. The van der Waals surface area contributed by atoms with Gasteiger partial charge in [-0.05, 0) is 12.1 Å². The summed E-state index contributed by atoms with van der Waals surface area (Å²) in [7, 11) is 0. The largest absolute Gasteiger partial charge is 0.573 e. The number of hydrogen-bond donors (Lipinski definition) is 1. The maximum absolute atomic E-state index is 12.1. The molecule has 5 nitrogen and oxygen atoms in total. The van der Waals surface area contributed by atoms with Crippen molar-refractivity contribution in [2.24, 2.45) is 10.8 Å². The number of nitrogens with zero attached hydrogens (tertiary/aromatic N) is 2. The summed E-state index contributed by atoms with van der Waals surface area (Å²) in [5.74, 6) is 5.51. The van der Waals surface area contributed by atoms with E-state index in [-0.39, 0.29) is 24.1 Å². The highest BCUT2D eigenvalue weighted by Crippen LogP contribution is 2.26. The van der Waals surface area contributed by atoms with E-state index in [1.165, 1.54) is 29.3 Å². The summed E-state index contributed by atoms with van der Waals surface area (Å²) in [6.45, 7) is 0.213. The Bertz CT molecular complexity index is 514. The topological polar surface area (TPSA) is 60.1 Å². The fraction of sp³-hybridized carbons (Fsp3) is 0.182. The molecule has 2 rings (SSSR count). The Morgan fingerprint density at radius 2 is 2.00 bits per heavy atom. The molecule has 0 spiro atoms. The molecule has 0 bridgehead atoms. The quantitative estimate of drug-likeness (QED) is 0.837. The zero-order valence-corrected chi connectivity index (χ0v) is 9.59. The third-order valence-corrected chi connectivity index (χ3v) is 2.06. The highest BCUT2D eigenvalue weighted by atomic mass is 19.4. The van der Waals surface area contributed by atoms with Gasteiger partial charge >= 0.3 is 6.36 Å². The van der Waals surface area contributed by atoms with E-state index in [0.717, 1.165) is 6.07 Å². The van der Waals surface area contributed by atoms with Crippen molar-refractivity contribution in [3.63, 3.8) is 0 Å². The Balaban J connectivity index is 2.05. The summed E-state index contributed by atoms with van der Waals surface area (Å²) in [6.07, 6.45) is -1.69. The summed E-state index contributed by atoms with van der Waals surface area (Å²) in [4.78, 5) is 3.96. The standard InChI is InChI=1S/C11H10F3N3O2/c12-11(13,14)19-9-3-1-2-8(6-9)18-10-4-5-17(15)7-16-10/h1-6H,7,15H2. The molecule has 1 aliphatic heterocycles. The van der Waals surface area contributed by atoms with E-state index in [1.807, 2.05) is 0 Å². The van der Waals surface area contributed by atoms with E-state index >= 15 is 0 Å². The van der Waals surface area contributed by atoms with Crippen LogP contribution in [0.15, 0.2) is 41.5 Å². The molecule has 0 aliphatic carbocycles. The third-order valence-electron chi connectivity index (χ3n) is 2.06. The predicted octanol–water partition coefficient (Wildman–Crippen LogP) is 2.02. The molecule has 102 valence electrons. The molecule has 0 aromatic heterocycles. The summed E-state index contributed by atoms with van der Waals surface area (Å²) in [5.41, 5.74) is 0. The average Bonchev–Trinajstić information content (AvgIpc) is 2.30. The van der Waals surface area contributed by atoms with Crippen molar-refractivity contribution in [1.82, 2.24) is 5.01 Å². The van der Waals surface area contributed by atoms with Gasteiger partial charge in [0.1, 0.15) is 18.2 Å². The molecular formula is C11H10F3N3O2. The monoisotopic (exact) mass is 273 g/mol. The van der Waals surface area contributed by atoms with Crippen LogP contribution in [-0.4, -0.2) is 23.9 Å². The minimum absolute atomic E-state index is 0.190. The Morgan fingerprint density at radius 3 is 2.63 bits per heavy atom. The van der Waals surface area contributed by atoms with Crippen LogP contribution in [0.5, 0.6) is 11.5 Å². The van der Waals surface area contributed by atoms with Crippen molar-refractivity contribution in [2.75, 3.05) is 6.67 Å². The van der Waals surface area contributed by atoms with Crippen molar-refractivity contribution in [3.05, 3.63) is 36.5 Å². The molecule has 19 heavy (non-hydrogen) atoms. The Labute approximate surface area is 106 Å². The van der Waals surface area contributed by atoms with Crippen LogP contribution in [0.2, 0.25) is 0 Å². The average molecular weight is 273 g/mol. The number of rotatable bonds is 2. The lowest BCUT2D eigenvalue weighted by Crippen LogP contribution is -2.29. The van der Waals surface area contributed by atoms with Gasteiger partial charge in [-0.15, -0.1) is 13.2 Å². The van der Waals surface area contributed by atoms with Crippen LogP contribution in [0.4, 0.5) is 13.2 Å². The van der Waals surface area contributed by atoms with E-state index < -0.39 is 6.36 Å². The maximum Gasteiger partial charge on any atom is 0.573 e. The first-order chi connectivity index (χ1) is 8.92. The Morgan fingerprint density at radius 1 is 1.26 bits per heavy atom. The van der Waals surface area contributed by atoms with Crippen LogP contribution in [-0.2, 0) is 0 Å². The maximum atomic E-state index is 12.1. The molecule has 1 aromatic carbocycles. The number of ether oxygens (including phenoxy) is 2. The van der Waals surface area contributed by atoms with Crippen molar-refractivity contribution < 1.29 is 22.6 Å². The molecule has 0 unspecified atom stereocenters. The van der Waals surface area contributed by atoms with Gasteiger partial charge in [-0.2, -0.15) is 0 Å². The zero-order valence-electron chi connectivity index (χ0n) is 9.59. The molecule has 1 aromatic rings. The lowest BCUT2D eigenvalue weighted by atomic mass is 10.3. The first kappa shape index (κ1) is 13.2. The first-order valence-electron chi connectivity index (χ1n) is 5.20. The highest BCUT2D eigenvalue weighted by molar-refractivity contribution is 5.89. The van der Waals surface area contributed by atoms with Crippen molar-refractivity contribution >= 4 is 5.90 Å². The molecule has 2 N–H and O–H groups in total. The highest BCUT2D eigenvalue weighted by Gasteiger charge is 2.31. The summed E-state index contributed by atoms with van der Waals surface area (Å²) < 4.78 is 45.2. The van der Waals surface area contributed by atoms with Crippen molar-refractivity contribution in [2.45, 2.75) is 6.36 Å². The minimum Gasteiger partial charge on any atom is -0.439 e. The smallest absolute Gasteiger partial charge is 0.439 e. The third kappa shape index (κ3) is 4.18. The molecule has 0 saturated carbocycles. The molecule has 1 heterocycles. The van der Waals surface area contributed by atoms with E-state index in [2.05, 4.69) is 9.73 Å². The lowest BCUT2D eigenvalue weighted by Gasteiger charge is -2.16. The minimum atomic E-state index is -4.74. The van der Waals surface area contributed by atoms with Gasteiger partial charge in [0.25, 0.3) is 0 Å². The van der Waals surface area contributed by atoms with Crippen LogP contribution < -0.4 is 15.3 Å². The fourth-order valence-electron chi connectivity index (χ4n) is 1.33. The van der Waals surface area contributed by atoms with Crippen LogP contribution in [0, 0.1) is 0 Å². The van der Waals surface area contributed by atoms with Crippen LogP contribution in [0.25, 0.3) is 0 Å². The first-order valence-corrected chi connectivity index (χ1v) is 5.20. The normalized spacial score (nSPS) is 15.2. The molecule has 8 heteroatoms. The van der Waals surface area contributed by atoms with E-state index in [9.17, 15) is 13.2 Å². The van der Waals surface area contributed by atoms with Gasteiger partial charge in [0, 0.05) is 18.3 Å². The number of halogens is 3. The second-order valence-electron chi connectivity index (χ2n) is 3.59. The SMILES string of the molecule is NN1C=CC(Oc2cccc(OC(F)(F)F)c2)=NC1. The Hall–Kier alpha value is -2.22. The Kier molecular flexibility index (Phi) is 3.61. The fourth-order valence-corrected chi connectivity index (χ4v) is 1.33. The molecule has 1 aliphatic rings. The molecule has 0 saturated heterocycles. The molecule has 0 amide bonds.